The van der Waals surface area contributed by atoms with Gasteiger partial charge in [0.2, 0.25) is 0 Å². The first-order valence-corrected chi connectivity index (χ1v) is 2.82. The van der Waals surface area contributed by atoms with E-state index in [2.05, 4.69) is 11.6 Å². The molecule has 0 spiro atoms. The van der Waals surface area contributed by atoms with Crippen LogP contribution in [0.15, 0.2) is 17.3 Å². The SMILES string of the molecule is C=C(C)[NH+]1C=NCC1. The van der Waals surface area contributed by atoms with Gasteiger partial charge in [0.15, 0.2) is 6.34 Å². The molecule has 2 heteroatoms. The fourth-order valence-corrected chi connectivity index (χ4v) is 0.748. The number of allylic oxidation sites excluding steroid dienone is 1. The molecule has 0 aromatic rings. The van der Waals surface area contributed by atoms with Crippen molar-refractivity contribution in [3.8, 4) is 0 Å². The van der Waals surface area contributed by atoms with Crippen LogP contribution in [-0.4, -0.2) is 19.4 Å². The van der Waals surface area contributed by atoms with E-state index in [0.717, 1.165) is 18.8 Å². The zero-order valence-corrected chi connectivity index (χ0v) is 5.15. The first kappa shape index (κ1) is 5.51. The molecule has 0 saturated carbocycles. The van der Waals surface area contributed by atoms with Crippen LogP contribution in [0.2, 0.25) is 0 Å². The topological polar surface area (TPSA) is 16.8 Å². The van der Waals surface area contributed by atoms with Gasteiger partial charge in [-0.25, -0.2) is 4.99 Å². The molecule has 1 atom stereocenters. The van der Waals surface area contributed by atoms with Crippen LogP contribution >= 0.6 is 0 Å². The molecule has 0 bridgehead atoms. The van der Waals surface area contributed by atoms with Crippen molar-refractivity contribution in [1.29, 1.82) is 0 Å². The van der Waals surface area contributed by atoms with Crippen LogP contribution in [0.5, 0.6) is 0 Å². The lowest BCUT2D eigenvalue weighted by molar-refractivity contribution is -0.746. The Morgan fingerprint density at radius 1 is 1.88 bits per heavy atom. The standard InChI is InChI=1S/C6H10N2/c1-6(2)8-4-3-7-5-8/h5H,1,3-4H2,2H3/p+1. The van der Waals surface area contributed by atoms with Crippen LogP contribution in [0.25, 0.3) is 0 Å². The highest BCUT2D eigenvalue weighted by molar-refractivity contribution is 5.46. The maximum absolute atomic E-state index is 4.06. The summed E-state index contributed by atoms with van der Waals surface area (Å²) in [6.45, 7) is 7.88. The van der Waals surface area contributed by atoms with E-state index in [4.69, 9.17) is 0 Å². The Bertz CT molecular complexity index is 126. The lowest BCUT2D eigenvalue weighted by atomic mass is 10.5. The summed E-state index contributed by atoms with van der Waals surface area (Å²) in [6, 6.07) is 0. The van der Waals surface area contributed by atoms with Crippen molar-refractivity contribution in [1.82, 2.24) is 0 Å². The minimum Gasteiger partial charge on any atom is -0.263 e. The van der Waals surface area contributed by atoms with Crippen LogP contribution in [0.4, 0.5) is 0 Å². The molecular formula is C6H11N2+. The van der Waals surface area contributed by atoms with E-state index in [1.54, 1.807) is 0 Å². The van der Waals surface area contributed by atoms with Crippen LogP contribution in [0.3, 0.4) is 0 Å². The number of quaternary nitrogens is 1. The van der Waals surface area contributed by atoms with Crippen molar-refractivity contribution >= 4 is 6.34 Å². The Labute approximate surface area is 49.5 Å². The molecular weight excluding hydrogens is 100 g/mol. The number of hydrogen-bond donors (Lipinski definition) is 1. The quantitative estimate of drug-likeness (QED) is 0.467. The Morgan fingerprint density at radius 2 is 2.62 bits per heavy atom. The molecule has 2 nitrogen and oxygen atoms in total. The molecule has 1 aliphatic rings. The maximum Gasteiger partial charge on any atom is 0.188 e. The maximum atomic E-state index is 4.06. The second-order valence-corrected chi connectivity index (χ2v) is 2.09. The van der Waals surface area contributed by atoms with E-state index >= 15 is 0 Å². The molecule has 1 rings (SSSR count). The van der Waals surface area contributed by atoms with Gasteiger partial charge in [-0.05, 0) is 6.58 Å². The third kappa shape index (κ3) is 0.954. The molecule has 1 N–H and O–H groups in total. The first-order chi connectivity index (χ1) is 3.80. The van der Waals surface area contributed by atoms with Gasteiger partial charge in [-0.2, -0.15) is 0 Å². The van der Waals surface area contributed by atoms with Gasteiger partial charge in [-0.1, -0.05) is 0 Å². The monoisotopic (exact) mass is 111 g/mol. The third-order valence-corrected chi connectivity index (χ3v) is 1.31. The second-order valence-electron chi connectivity index (χ2n) is 2.09. The smallest absolute Gasteiger partial charge is 0.188 e. The molecule has 44 valence electrons. The molecule has 0 amide bonds. The number of nitrogens with zero attached hydrogens (tertiary/aromatic N) is 1. The highest BCUT2D eigenvalue weighted by Gasteiger charge is 2.09. The van der Waals surface area contributed by atoms with Crippen molar-refractivity contribution in [2.24, 2.45) is 4.99 Å². The molecule has 1 heterocycles. The molecule has 0 radical (unpaired) electrons. The highest BCUT2D eigenvalue weighted by Crippen LogP contribution is 1.73. The van der Waals surface area contributed by atoms with Crippen LogP contribution in [0.1, 0.15) is 6.92 Å². The van der Waals surface area contributed by atoms with E-state index in [1.807, 2.05) is 13.3 Å². The summed E-state index contributed by atoms with van der Waals surface area (Å²) in [7, 11) is 0. The average Bonchev–Trinajstić information content (AvgIpc) is 2.12. The van der Waals surface area contributed by atoms with Crippen LogP contribution in [0, 0.1) is 0 Å². The van der Waals surface area contributed by atoms with Gasteiger partial charge >= 0.3 is 0 Å². The van der Waals surface area contributed by atoms with Gasteiger partial charge in [-0.15, -0.1) is 0 Å². The molecule has 8 heavy (non-hydrogen) atoms. The molecule has 0 saturated heterocycles. The summed E-state index contributed by atoms with van der Waals surface area (Å²) in [5.74, 6) is 0. The van der Waals surface area contributed by atoms with Crippen molar-refractivity contribution in [2.75, 3.05) is 13.1 Å². The number of nitrogens with one attached hydrogen (secondary N) is 1. The van der Waals surface area contributed by atoms with Gasteiger partial charge in [0.05, 0.1) is 6.54 Å². The minimum atomic E-state index is 0.961. The van der Waals surface area contributed by atoms with E-state index < -0.39 is 0 Å². The zero-order valence-electron chi connectivity index (χ0n) is 5.15. The first-order valence-electron chi connectivity index (χ1n) is 2.82. The molecule has 1 unspecified atom stereocenters. The summed E-state index contributed by atoms with van der Waals surface area (Å²) in [4.78, 5) is 5.37. The van der Waals surface area contributed by atoms with E-state index in [1.165, 1.54) is 4.90 Å². The van der Waals surface area contributed by atoms with Crippen LogP contribution in [-0.2, 0) is 0 Å². The Morgan fingerprint density at radius 3 is 2.88 bits per heavy atom. The number of hydrogen-bond acceptors (Lipinski definition) is 1. The summed E-state index contributed by atoms with van der Waals surface area (Å²) in [5, 5.41) is 0. The summed E-state index contributed by atoms with van der Waals surface area (Å²) < 4.78 is 0. The fourth-order valence-electron chi connectivity index (χ4n) is 0.748. The molecule has 1 aliphatic heterocycles. The lowest BCUT2D eigenvalue weighted by Gasteiger charge is -2.03. The zero-order chi connectivity index (χ0) is 5.98. The fraction of sp³-hybridized carbons (Fsp3) is 0.500. The van der Waals surface area contributed by atoms with Crippen molar-refractivity contribution in [3.63, 3.8) is 0 Å². The predicted octanol–water partition coefficient (Wildman–Crippen LogP) is -0.553. The number of rotatable bonds is 1. The van der Waals surface area contributed by atoms with E-state index in [0.29, 0.717) is 0 Å². The Kier molecular flexibility index (Phi) is 1.44. The Balaban J connectivity index is 2.48. The van der Waals surface area contributed by atoms with Gasteiger partial charge in [0.25, 0.3) is 0 Å². The summed E-state index contributed by atoms with van der Waals surface area (Å²) in [5.41, 5.74) is 1.16. The Hall–Kier alpha value is -0.630. The predicted molar refractivity (Wildman–Crippen MR) is 34.0 cm³/mol. The normalized spacial score (nSPS) is 26.4. The molecule has 0 aromatic carbocycles. The van der Waals surface area contributed by atoms with Gasteiger partial charge < -0.3 is 0 Å². The van der Waals surface area contributed by atoms with E-state index in [9.17, 15) is 0 Å². The van der Waals surface area contributed by atoms with Crippen molar-refractivity contribution < 1.29 is 4.90 Å². The number of aliphatic imine (C=N–C) groups is 1. The molecule has 0 fully saturated rings. The largest absolute Gasteiger partial charge is 0.263 e. The van der Waals surface area contributed by atoms with Crippen molar-refractivity contribution in [2.45, 2.75) is 6.92 Å². The molecule has 0 aliphatic carbocycles. The highest BCUT2D eigenvalue weighted by atomic mass is 15.2. The summed E-state index contributed by atoms with van der Waals surface area (Å²) >= 11 is 0. The minimum absolute atomic E-state index is 0.961. The van der Waals surface area contributed by atoms with Gasteiger partial charge in [0, 0.05) is 6.92 Å². The van der Waals surface area contributed by atoms with Crippen molar-refractivity contribution in [3.05, 3.63) is 12.3 Å². The second kappa shape index (κ2) is 2.09. The van der Waals surface area contributed by atoms with Crippen LogP contribution < -0.4 is 4.90 Å². The average molecular weight is 111 g/mol. The summed E-state index contributed by atoms with van der Waals surface area (Å²) in [6.07, 6.45) is 1.92. The van der Waals surface area contributed by atoms with Gasteiger partial charge in [-0.3, -0.25) is 4.90 Å². The molecule has 0 aromatic heterocycles. The lowest BCUT2D eigenvalue weighted by Crippen LogP contribution is -3.07. The van der Waals surface area contributed by atoms with Gasteiger partial charge in [0.1, 0.15) is 12.2 Å². The van der Waals surface area contributed by atoms with E-state index in [-0.39, 0.29) is 0 Å². The third-order valence-electron chi connectivity index (χ3n) is 1.31.